The van der Waals surface area contributed by atoms with Crippen LogP contribution in [0.5, 0.6) is 0 Å². The average Bonchev–Trinajstić information content (AvgIpc) is 2.03. The summed E-state index contributed by atoms with van der Waals surface area (Å²) in [5.41, 5.74) is -1.01. The maximum absolute atomic E-state index is 12.6. The first-order valence-corrected chi connectivity index (χ1v) is 3.78. The lowest BCUT2D eigenvalue weighted by Crippen LogP contribution is -2.38. The SMILES string of the molecule is [CH2]OC/C=C(\CC)C(F)(F)C(F)(F)F. The third-order valence-corrected chi connectivity index (χ3v) is 1.59. The van der Waals surface area contributed by atoms with Crippen LogP contribution in [0.1, 0.15) is 13.3 Å². The highest BCUT2D eigenvalue weighted by molar-refractivity contribution is 5.15. The van der Waals surface area contributed by atoms with Gasteiger partial charge in [0.05, 0.1) is 13.7 Å². The van der Waals surface area contributed by atoms with Gasteiger partial charge >= 0.3 is 12.1 Å². The second-order valence-corrected chi connectivity index (χ2v) is 2.53. The molecular weight excluding hydrogens is 207 g/mol. The molecule has 0 atom stereocenters. The van der Waals surface area contributed by atoms with E-state index < -0.39 is 24.1 Å². The van der Waals surface area contributed by atoms with Crippen molar-refractivity contribution in [1.29, 1.82) is 0 Å². The monoisotopic (exact) mass is 217 g/mol. The molecule has 0 saturated carbocycles. The van der Waals surface area contributed by atoms with Crippen LogP contribution in [0, 0.1) is 7.11 Å². The van der Waals surface area contributed by atoms with Gasteiger partial charge in [0, 0.05) is 5.57 Å². The number of hydrogen-bond donors (Lipinski definition) is 0. The third-order valence-electron chi connectivity index (χ3n) is 1.59. The van der Waals surface area contributed by atoms with E-state index in [9.17, 15) is 22.0 Å². The van der Waals surface area contributed by atoms with Crippen molar-refractivity contribution in [1.82, 2.24) is 0 Å². The molecule has 0 rings (SSSR count). The van der Waals surface area contributed by atoms with Crippen molar-refractivity contribution < 1.29 is 26.7 Å². The van der Waals surface area contributed by atoms with Crippen LogP contribution in [-0.2, 0) is 4.74 Å². The maximum atomic E-state index is 12.6. The molecule has 0 heterocycles. The van der Waals surface area contributed by atoms with Crippen molar-refractivity contribution in [3.05, 3.63) is 18.8 Å². The molecule has 0 spiro atoms. The summed E-state index contributed by atoms with van der Waals surface area (Å²) in [5, 5.41) is 0. The van der Waals surface area contributed by atoms with Crippen molar-refractivity contribution in [2.24, 2.45) is 0 Å². The molecule has 0 aromatic carbocycles. The van der Waals surface area contributed by atoms with Crippen molar-refractivity contribution in [3.63, 3.8) is 0 Å². The molecule has 6 heteroatoms. The number of allylic oxidation sites excluding steroid dienone is 1. The fraction of sp³-hybridized carbons (Fsp3) is 0.625. The van der Waals surface area contributed by atoms with Gasteiger partial charge in [-0.25, -0.2) is 0 Å². The van der Waals surface area contributed by atoms with Gasteiger partial charge in [0.15, 0.2) is 0 Å². The van der Waals surface area contributed by atoms with Gasteiger partial charge in [-0.1, -0.05) is 13.0 Å². The van der Waals surface area contributed by atoms with Crippen LogP contribution in [0.15, 0.2) is 11.6 Å². The Kier molecular flexibility index (Phi) is 4.51. The Morgan fingerprint density at radius 3 is 2.07 bits per heavy atom. The lowest BCUT2D eigenvalue weighted by molar-refractivity contribution is -0.265. The van der Waals surface area contributed by atoms with E-state index in [0.29, 0.717) is 6.08 Å². The van der Waals surface area contributed by atoms with E-state index in [0.717, 1.165) is 0 Å². The molecule has 0 aromatic rings. The maximum Gasteiger partial charge on any atom is 0.457 e. The summed E-state index contributed by atoms with van der Waals surface area (Å²) in [4.78, 5) is 0. The van der Waals surface area contributed by atoms with Gasteiger partial charge < -0.3 is 4.74 Å². The predicted octanol–water partition coefficient (Wildman–Crippen LogP) is 3.33. The Morgan fingerprint density at radius 2 is 1.79 bits per heavy atom. The highest BCUT2D eigenvalue weighted by Crippen LogP contribution is 2.41. The zero-order valence-electron chi connectivity index (χ0n) is 7.50. The molecule has 14 heavy (non-hydrogen) atoms. The van der Waals surface area contributed by atoms with Crippen LogP contribution in [0.2, 0.25) is 0 Å². The quantitative estimate of drug-likeness (QED) is 0.518. The highest BCUT2D eigenvalue weighted by atomic mass is 19.4. The van der Waals surface area contributed by atoms with Crippen molar-refractivity contribution >= 4 is 0 Å². The number of hydrogen-bond acceptors (Lipinski definition) is 1. The van der Waals surface area contributed by atoms with Crippen LogP contribution in [0.25, 0.3) is 0 Å². The Bertz CT molecular complexity index is 206. The van der Waals surface area contributed by atoms with E-state index in [1.54, 1.807) is 0 Å². The molecule has 83 valence electrons. The minimum Gasteiger partial charge on any atom is -0.375 e. The van der Waals surface area contributed by atoms with Gasteiger partial charge in [0.25, 0.3) is 0 Å². The zero-order chi connectivity index (χ0) is 11.4. The van der Waals surface area contributed by atoms with E-state index in [-0.39, 0.29) is 6.61 Å². The molecule has 1 radical (unpaired) electrons. The smallest absolute Gasteiger partial charge is 0.375 e. The largest absolute Gasteiger partial charge is 0.457 e. The topological polar surface area (TPSA) is 9.23 Å². The Morgan fingerprint density at radius 1 is 1.29 bits per heavy atom. The second-order valence-electron chi connectivity index (χ2n) is 2.53. The molecule has 0 unspecified atom stereocenters. The van der Waals surface area contributed by atoms with E-state index in [4.69, 9.17) is 0 Å². The molecular formula is C8H10F5O. The Labute approximate surface area is 78.5 Å². The summed E-state index contributed by atoms with van der Waals surface area (Å²) in [6, 6.07) is 0. The molecule has 0 aliphatic carbocycles. The summed E-state index contributed by atoms with van der Waals surface area (Å²) in [7, 11) is 2.87. The van der Waals surface area contributed by atoms with Gasteiger partial charge in [-0.3, -0.25) is 0 Å². The molecule has 0 N–H and O–H groups in total. The standard InChI is InChI=1S/C8H10F5O/c1-3-6(4-5-14-2)7(9,10)8(11,12)13/h4H,2-3,5H2,1H3/b6-4+. The normalized spacial score (nSPS) is 14.6. The fourth-order valence-corrected chi connectivity index (χ4v) is 0.836. The van der Waals surface area contributed by atoms with Gasteiger partial charge in [0.1, 0.15) is 0 Å². The predicted molar refractivity (Wildman–Crippen MR) is 40.7 cm³/mol. The summed E-state index contributed by atoms with van der Waals surface area (Å²) >= 11 is 0. The first-order valence-electron chi connectivity index (χ1n) is 3.78. The van der Waals surface area contributed by atoms with E-state index in [1.165, 1.54) is 6.92 Å². The molecule has 0 saturated heterocycles. The van der Waals surface area contributed by atoms with Crippen molar-refractivity contribution in [2.75, 3.05) is 6.61 Å². The molecule has 0 aliphatic rings. The average molecular weight is 217 g/mol. The molecule has 0 fully saturated rings. The number of alkyl halides is 5. The Balaban J connectivity index is 4.84. The van der Waals surface area contributed by atoms with E-state index >= 15 is 0 Å². The highest BCUT2D eigenvalue weighted by Gasteiger charge is 2.59. The van der Waals surface area contributed by atoms with Crippen molar-refractivity contribution in [2.45, 2.75) is 25.4 Å². The Hall–Kier alpha value is -0.650. The molecule has 0 bridgehead atoms. The molecule has 0 amide bonds. The summed E-state index contributed by atoms with van der Waals surface area (Å²) in [6.45, 7) is 0.851. The van der Waals surface area contributed by atoms with Crippen LogP contribution in [0.3, 0.4) is 0 Å². The molecule has 0 aromatic heterocycles. The van der Waals surface area contributed by atoms with Crippen LogP contribution in [-0.4, -0.2) is 18.7 Å². The lowest BCUT2D eigenvalue weighted by Gasteiger charge is -2.21. The number of ether oxygens (including phenoxy) is 1. The minimum atomic E-state index is -5.56. The van der Waals surface area contributed by atoms with Gasteiger partial charge in [-0.15, -0.1) is 0 Å². The molecule has 0 aliphatic heterocycles. The van der Waals surface area contributed by atoms with Gasteiger partial charge in [-0.2, -0.15) is 22.0 Å². The summed E-state index contributed by atoms with van der Waals surface area (Å²) in [6.07, 6.45) is -5.26. The van der Waals surface area contributed by atoms with Crippen LogP contribution >= 0.6 is 0 Å². The lowest BCUT2D eigenvalue weighted by atomic mass is 10.1. The number of halogens is 5. The minimum absolute atomic E-state index is 0.366. The first-order chi connectivity index (χ1) is 6.27. The van der Waals surface area contributed by atoms with E-state index in [1.807, 2.05) is 0 Å². The summed E-state index contributed by atoms with van der Waals surface area (Å²) < 4.78 is 65.0. The van der Waals surface area contributed by atoms with E-state index in [2.05, 4.69) is 11.8 Å². The fourth-order valence-electron chi connectivity index (χ4n) is 0.836. The number of rotatable bonds is 4. The zero-order valence-corrected chi connectivity index (χ0v) is 7.50. The van der Waals surface area contributed by atoms with Crippen LogP contribution in [0.4, 0.5) is 22.0 Å². The van der Waals surface area contributed by atoms with Gasteiger partial charge in [-0.05, 0) is 6.42 Å². The van der Waals surface area contributed by atoms with Gasteiger partial charge in [0.2, 0.25) is 0 Å². The first kappa shape index (κ1) is 13.4. The van der Waals surface area contributed by atoms with Crippen molar-refractivity contribution in [3.8, 4) is 0 Å². The second kappa shape index (κ2) is 4.72. The third kappa shape index (κ3) is 2.94. The molecule has 1 nitrogen and oxygen atoms in total. The summed E-state index contributed by atoms with van der Waals surface area (Å²) in [5.74, 6) is -4.79. The van der Waals surface area contributed by atoms with Crippen LogP contribution < -0.4 is 0 Å².